The smallest absolute Gasteiger partial charge is 0.360 e. The summed E-state index contributed by atoms with van der Waals surface area (Å²) in [6, 6.07) is 13.3. The molecule has 0 atom stereocenters. The van der Waals surface area contributed by atoms with Crippen LogP contribution < -0.4 is 10.9 Å². The van der Waals surface area contributed by atoms with Gasteiger partial charge in [-0.1, -0.05) is 47.5 Å². The summed E-state index contributed by atoms with van der Waals surface area (Å²) in [7, 11) is 0. The lowest BCUT2D eigenvalue weighted by Gasteiger charge is -2.07. The molecule has 4 nitrogen and oxygen atoms in total. The van der Waals surface area contributed by atoms with E-state index in [1.807, 2.05) is 6.07 Å². The molecular weight excluding hydrogens is 325 g/mol. The molecule has 3 aromatic rings. The van der Waals surface area contributed by atoms with Gasteiger partial charge in [-0.3, -0.25) is 4.79 Å². The number of amides is 1. The number of carbonyl (C=O) groups excluding carboxylic acids is 1. The van der Waals surface area contributed by atoms with Gasteiger partial charge < -0.3 is 9.73 Å². The predicted molar refractivity (Wildman–Crippen MR) is 86.9 cm³/mol. The van der Waals surface area contributed by atoms with Crippen LogP contribution in [-0.2, 0) is 0 Å². The Labute approximate surface area is 135 Å². The first-order valence-electron chi connectivity index (χ1n) is 6.34. The van der Waals surface area contributed by atoms with Crippen LogP contribution in [0.15, 0.2) is 57.7 Å². The molecule has 0 aliphatic rings. The number of nitrogens with one attached hydrogen (secondary N) is 1. The third-order valence-corrected chi connectivity index (χ3v) is 3.90. The van der Waals surface area contributed by atoms with Crippen molar-refractivity contribution in [1.82, 2.24) is 0 Å². The normalized spacial score (nSPS) is 10.6. The summed E-state index contributed by atoms with van der Waals surface area (Å²) >= 11 is 11.9. The van der Waals surface area contributed by atoms with Crippen molar-refractivity contribution >= 4 is 45.8 Å². The van der Waals surface area contributed by atoms with Gasteiger partial charge in [-0.15, -0.1) is 0 Å². The molecule has 22 heavy (non-hydrogen) atoms. The number of fused-ring (bicyclic) bond motifs is 1. The molecule has 1 heterocycles. The van der Waals surface area contributed by atoms with E-state index < -0.39 is 11.5 Å². The van der Waals surface area contributed by atoms with E-state index in [2.05, 4.69) is 5.32 Å². The molecule has 1 N–H and O–H groups in total. The molecule has 2 aromatic carbocycles. The Bertz CT molecular complexity index is 934. The first kappa shape index (κ1) is 14.6. The predicted octanol–water partition coefficient (Wildman–Crippen LogP) is 4.35. The Morgan fingerprint density at radius 1 is 1.05 bits per heavy atom. The van der Waals surface area contributed by atoms with E-state index in [1.165, 1.54) is 6.07 Å². The van der Waals surface area contributed by atoms with E-state index >= 15 is 0 Å². The number of para-hydroxylation sites is 1. The van der Waals surface area contributed by atoms with Crippen molar-refractivity contribution in [1.29, 1.82) is 0 Å². The summed E-state index contributed by atoms with van der Waals surface area (Å²) in [5.41, 5.74) is 0.0398. The van der Waals surface area contributed by atoms with Crippen molar-refractivity contribution in [3.63, 3.8) is 0 Å². The Balaban J connectivity index is 1.99. The molecule has 0 spiro atoms. The van der Waals surface area contributed by atoms with Gasteiger partial charge in [-0.25, -0.2) is 4.79 Å². The van der Waals surface area contributed by atoms with Gasteiger partial charge in [-0.05, 0) is 24.3 Å². The molecule has 0 aliphatic carbocycles. The molecule has 0 radical (unpaired) electrons. The number of rotatable bonds is 2. The molecule has 0 aliphatic heterocycles. The van der Waals surface area contributed by atoms with Crippen LogP contribution in [0.5, 0.6) is 0 Å². The molecule has 0 unspecified atom stereocenters. The number of benzene rings is 2. The van der Waals surface area contributed by atoms with E-state index in [4.69, 9.17) is 27.6 Å². The number of hydrogen-bond acceptors (Lipinski definition) is 3. The number of halogens is 2. The van der Waals surface area contributed by atoms with E-state index in [1.54, 1.807) is 36.4 Å². The highest BCUT2D eigenvalue weighted by atomic mass is 35.5. The molecule has 0 saturated heterocycles. The number of anilines is 1. The maximum absolute atomic E-state index is 12.2. The van der Waals surface area contributed by atoms with Gasteiger partial charge >= 0.3 is 5.63 Å². The van der Waals surface area contributed by atoms with Gasteiger partial charge in [0.1, 0.15) is 11.3 Å². The quantitative estimate of drug-likeness (QED) is 0.709. The molecule has 6 heteroatoms. The molecule has 3 rings (SSSR count). The maximum Gasteiger partial charge on any atom is 0.360 e. The second-order valence-electron chi connectivity index (χ2n) is 4.54. The SMILES string of the molecule is O=C(Nc1cc2ccccc2oc1=O)c1cccc(Cl)c1Cl. The molecule has 1 amide bonds. The lowest BCUT2D eigenvalue weighted by atomic mass is 10.2. The first-order valence-corrected chi connectivity index (χ1v) is 7.10. The topological polar surface area (TPSA) is 59.3 Å². The summed E-state index contributed by atoms with van der Waals surface area (Å²) in [4.78, 5) is 24.2. The van der Waals surface area contributed by atoms with Crippen molar-refractivity contribution in [2.24, 2.45) is 0 Å². The van der Waals surface area contributed by atoms with Crippen molar-refractivity contribution in [2.75, 3.05) is 5.32 Å². The summed E-state index contributed by atoms with van der Waals surface area (Å²) in [6.45, 7) is 0. The van der Waals surface area contributed by atoms with E-state index in [-0.39, 0.29) is 21.3 Å². The van der Waals surface area contributed by atoms with Crippen LogP contribution in [0.4, 0.5) is 5.69 Å². The third-order valence-electron chi connectivity index (χ3n) is 3.09. The monoisotopic (exact) mass is 333 g/mol. The van der Waals surface area contributed by atoms with Crippen LogP contribution in [-0.4, -0.2) is 5.91 Å². The Morgan fingerprint density at radius 2 is 1.82 bits per heavy atom. The zero-order chi connectivity index (χ0) is 15.7. The van der Waals surface area contributed by atoms with Gasteiger partial charge in [0, 0.05) is 5.39 Å². The maximum atomic E-state index is 12.2. The fourth-order valence-electron chi connectivity index (χ4n) is 2.02. The third kappa shape index (κ3) is 2.71. The number of hydrogen-bond donors (Lipinski definition) is 1. The highest BCUT2D eigenvalue weighted by Crippen LogP contribution is 2.26. The molecule has 1 aromatic heterocycles. The van der Waals surface area contributed by atoms with Gasteiger partial charge in [-0.2, -0.15) is 0 Å². The van der Waals surface area contributed by atoms with Crippen molar-refractivity contribution in [3.8, 4) is 0 Å². The summed E-state index contributed by atoms with van der Waals surface area (Å²) in [5.74, 6) is -0.532. The number of carbonyl (C=O) groups is 1. The highest BCUT2D eigenvalue weighted by Gasteiger charge is 2.15. The first-order chi connectivity index (χ1) is 10.6. The van der Waals surface area contributed by atoms with Crippen LogP contribution in [0, 0.1) is 0 Å². The molecule has 0 fully saturated rings. The minimum Gasteiger partial charge on any atom is -0.421 e. The minimum absolute atomic E-state index is 0.0414. The lowest BCUT2D eigenvalue weighted by Crippen LogP contribution is -2.18. The van der Waals surface area contributed by atoms with E-state index in [0.717, 1.165) is 0 Å². The average molecular weight is 334 g/mol. The highest BCUT2D eigenvalue weighted by molar-refractivity contribution is 6.44. The second-order valence-corrected chi connectivity index (χ2v) is 5.33. The fraction of sp³-hybridized carbons (Fsp3) is 0. The lowest BCUT2D eigenvalue weighted by molar-refractivity contribution is 0.102. The van der Waals surface area contributed by atoms with Gasteiger partial charge in [0.05, 0.1) is 15.6 Å². The van der Waals surface area contributed by atoms with Crippen LogP contribution >= 0.6 is 23.2 Å². The zero-order valence-electron chi connectivity index (χ0n) is 11.1. The Morgan fingerprint density at radius 3 is 2.64 bits per heavy atom. The molecular formula is C16H9Cl2NO3. The summed E-state index contributed by atoms with van der Waals surface area (Å²) in [6.07, 6.45) is 0. The van der Waals surface area contributed by atoms with Gasteiger partial charge in [0.25, 0.3) is 5.91 Å². The van der Waals surface area contributed by atoms with Crippen LogP contribution in [0.25, 0.3) is 11.0 Å². The van der Waals surface area contributed by atoms with Crippen LogP contribution in [0.1, 0.15) is 10.4 Å². The second kappa shape index (κ2) is 5.83. The molecule has 0 saturated carbocycles. The van der Waals surface area contributed by atoms with E-state index in [0.29, 0.717) is 11.0 Å². The Hall–Kier alpha value is -2.30. The van der Waals surface area contributed by atoms with Crippen molar-refractivity contribution in [2.45, 2.75) is 0 Å². The molecule has 110 valence electrons. The fourth-order valence-corrected chi connectivity index (χ4v) is 2.40. The Kier molecular flexibility index (Phi) is 3.88. The van der Waals surface area contributed by atoms with Crippen molar-refractivity contribution < 1.29 is 9.21 Å². The summed E-state index contributed by atoms with van der Waals surface area (Å²) in [5, 5.41) is 3.60. The summed E-state index contributed by atoms with van der Waals surface area (Å²) < 4.78 is 5.15. The molecule has 0 bridgehead atoms. The minimum atomic E-state index is -0.634. The van der Waals surface area contributed by atoms with E-state index in [9.17, 15) is 9.59 Å². The van der Waals surface area contributed by atoms with Crippen LogP contribution in [0.3, 0.4) is 0 Å². The van der Waals surface area contributed by atoms with Crippen molar-refractivity contribution in [3.05, 3.63) is 74.6 Å². The van der Waals surface area contributed by atoms with Gasteiger partial charge in [0.15, 0.2) is 0 Å². The van der Waals surface area contributed by atoms with Gasteiger partial charge in [0.2, 0.25) is 0 Å². The standard InChI is InChI=1S/C16H9Cl2NO3/c17-11-6-3-5-10(14(11)18)15(20)19-12-8-9-4-1-2-7-13(9)22-16(12)21/h1-8H,(H,19,20). The average Bonchev–Trinajstić information content (AvgIpc) is 2.50. The van der Waals surface area contributed by atoms with Crippen LogP contribution in [0.2, 0.25) is 10.0 Å². The largest absolute Gasteiger partial charge is 0.421 e. The zero-order valence-corrected chi connectivity index (χ0v) is 12.6.